The van der Waals surface area contributed by atoms with Gasteiger partial charge in [0.2, 0.25) is 0 Å². The Bertz CT molecular complexity index is 128. The summed E-state index contributed by atoms with van der Waals surface area (Å²) in [5, 5.41) is 0. The molecule has 64 valence electrons. The largest absolute Gasteiger partial charge is 0.378 e. The van der Waals surface area contributed by atoms with Gasteiger partial charge in [0.05, 0.1) is 0 Å². The SMILES string of the molecule is CC(C=CN1CCCC1)CS. The number of likely N-dealkylation sites (tertiary alicyclic amines) is 1. The summed E-state index contributed by atoms with van der Waals surface area (Å²) in [6.07, 6.45) is 7.20. The van der Waals surface area contributed by atoms with Crippen molar-refractivity contribution in [3.05, 3.63) is 12.3 Å². The molecule has 0 N–H and O–H groups in total. The molecule has 11 heavy (non-hydrogen) atoms. The Kier molecular flexibility index (Phi) is 3.84. The van der Waals surface area contributed by atoms with Gasteiger partial charge in [-0.25, -0.2) is 0 Å². The highest BCUT2D eigenvalue weighted by Gasteiger charge is 2.06. The van der Waals surface area contributed by atoms with Crippen molar-refractivity contribution >= 4 is 12.6 Å². The minimum Gasteiger partial charge on any atom is -0.378 e. The van der Waals surface area contributed by atoms with Gasteiger partial charge in [-0.3, -0.25) is 0 Å². The van der Waals surface area contributed by atoms with Gasteiger partial charge in [-0.1, -0.05) is 13.0 Å². The monoisotopic (exact) mass is 171 g/mol. The maximum absolute atomic E-state index is 4.22. The standard InChI is InChI=1S/C9H17NS/c1-9(8-11)4-7-10-5-2-3-6-10/h4,7,9,11H,2-3,5-6,8H2,1H3. The maximum atomic E-state index is 4.22. The first-order valence-electron chi connectivity index (χ1n) is 4.36. The molecule has 0 aromatic rings. The van der Waals surface area contributed by atoms with Crippen LogP contribution in [0.25, 0.3) is 0 Å². The van der Waals surface area contributed by atoms with Crippen molar-refractivity contribution in [3.8, 4) is 0 Å². The number of hydrogen-bond donors (Lipinski definition) is 1. The summed E-state index contributed by atoms with van der Waals surface area (Å²) in [5.41, 5.74) is 0. The summed E-state index contributed by atoms with van der Waals surface area (Å²) in [5.74, 6) is 1.56. The van der Waals surface area contributed by atoms with Crippen LogP contribution in [0.15, 0.2) is 12.3 Å². The third-order valence-electron chi connectivity index (χ3n) is 2.05. The Balaban J connectivity index is 2.22. The smallest absolute Gasteiger partial charge is 0.0173 e. The lowest BCUT2D eigenvalue weighted by Gasteiger charge is -2.11. The second kappa shape index (κ2) is 4.70. The van der Waals surface area contributed by atoms with Gasteiger partial charge in [0.15, 0.2) is 0 Å². The summed E-state index contributed by atoms with van der Waals surface area (Å²) in [4.78, 5) is 2.39. The van der Waals surface area contributed by atoms with Crippen LogP contribution < -0.4 is 0 Å². The van der Waals surface area contributed by atoms with Crippen molar-refractivity contribution in [3.63, 3.8) is 0 Å². The van der Waals surface area contributed by atoms with E-state index >= 15 is 0 Å². The average molecular weight is 171 g/mol. The van der Waals surface area contributed by atoms with Crippen LogP contribution in [0.3, 0.4) is 0 Å². The molecular weight excluding hydrogens is 154 g/mol. The van der Waals surface area contributed by atoms with E-state index in [1.165, 1.54) is 25.9 Å². The van der Waals surface area contributed by atoms with Gasteiger partial charge >= 0.3 is 0 Å². The first-order chi connectivity index (χ1) is 5.33. The van der Waals surface area contributed by atoms with E-state index in [4.69, 9.17) is 0 Å². The zero-order valence-corrected chi connectivity index (χ0v) is 8.06. The summed E-state index contributed by atoms with van der Waals surface area (Å²) in [6, 6.07) is 0. The second-order valence-corrected chi connectivity index (χ2v) is 3.61. The number of rotatable bonds is 3. The summed E-state index contributed by atoms with van der Waals surface area (Å²) in [7, 11) is 0. The normalized spacial score (nSPS) is 21.5. The van der Waals surface area contributed by atoms with E-state index in [1.54, 1.807) is 0 Å². The Hall–Kier alpha value is -0.110. The van der Waals surface area contributed by atoms with Crippen LogP contribution in [0.1, 0.15) is 19.8 Å². The van der Waals surface area contributed by atoms with Crippen LogP contribution in [0, 0.1) is 5.92 Å². The Morgan fingerprint density at radius 2 is 2.09 bits per heavy atom. The minimum atomic E-state index is 0.610. The van der Waals surface area contributed by atoms with Crippen molar-refractivity contribution in [1.29, 1.82) is 0 Å². The van der Waals surface area contributed by atoms with E-state index in [-0.39, 0.29) is 0 Å². The van der Waals surface area contributed by atoms with E-state index in [1.807, 2.05) is 0 Å². The third-order valence-corrected chi connectivity index (χ3v) is 2.63. The molecule has 0 amide bonds. The molecule has 1 unspecified atom stereocenters. The molecule has 1 aliphatic rings. The van der Waals surface area contributed by atoms with Gasteiger partial charge in [-0.05, 0) is 30.7 Å². The number of hydrogen-bond acceptors (Lipinski definition) is 2. The van der Waals surface area contributed by atoms with E-state index in [9.17, 15) is 0 Å². The average Bonchev–Trinajstić information content (AvgIpc) is 2.52. The fourth-order valence-corrected chi connectivity index (χ4v) is 1.34. The molecular formula is C9H17NS. The van der Waals surface area contributed by atoms with Gasteiger partial charge in [-0.15, -0.1) is 0 Å². The molecule has 1 atom stereocenters. The van der Waals surface area contributed by atoms with Crippen LogP contribution in [0.5, 0.6) is 0 Å². The lowest BCUT2D eigenvalue weighted by molar-refractivity contribution is 0.464. The molecule has 0 aliphatic carbocycles. The van der Waals surface area contributed by atoms with Crippen LogP contribution >= 0.6 is 12.6 Å². The van der Waals surface area contributed by atoms with Crippen molar-refractivity contribution in [2.75, 3.05) is 18.8 Å². The van der Waals surface area contributed by atoms with Crippen LogP contribution in [0.2, 0.25) is 0 Å². The molecule has 1 saturated heterocycles. The van der Waals surface area contributed by atoms with Crippen molar-refractivity contribution in [2.45, 2.75) is 19.8 Å². The van der Waals surface area contributed by atoms with Gasteiger partial charge in [0.1, 0.15) is 0 Å². The highest BCUT2D eigenvalue weighted by atomic mass is 32.1. The first kappa shape index (κ1) is 8.98. The lowest BCUT2D eigenvalue weighted by Crippen LogP contribution is -2.11. The molecule has 1 fully saturated rings. The predicted molar refractivity (Wildman–Crippen MR) is 53.0 cm³/mol. The topological polar surface area (TPSA) is 3.24 Å². The Morgan fingerprint density at radius 1 is 1.45 bits per heavy atom. The molecule has 0 spiro atoms. The molecule has 0 aromatic carbocycles. The molecule has 1 aliphatic heterocycles. The Morgan fingerprint density at radius 3 is 2.64 bits per heavy atom. The van der Waals surface area contributed by atoms with Gasteiger partial charge in [-0.2, -0.15) is 12.6 Å². The van der Waals surface area contributed by atoms with Crippen molar-refractivity contribution in [2.24, 2.45) is 5.92 Å². The number of nitrogens with zero attached hydrogens (tertiary/aromatic N) is 1. The molecule has 1 rings (SSSR count). The molecule has 0 radical (unpaired) electrons. The fourth-order valence-electron chi connectivity index (χ4n) is 1.22. The number of allylic oxidation sites excluding steroid dienone is 1. The van der Waals surface area contributed by atoms with Crippen molar-refractivity contribution < 1.29 is 0 Å². The van der Waals surface area contributed by atoms with Gasteiger partial charge < -0.3 is 4.90 Å². The van der Waals surface area contributed by atoms with Gasteiger partial charge in [0, 0.05) is 13.1 Å². The zero-order chi connectivity index (χ0) is 8.10. The molecule has 2 heteroatoms. The summed E-state index contributed by atoms with van der Waals surface area (Å²) in [6.45, 7) is 4.69. The highest BCUT2D eigenvalue weighted by Crippen LogP contribution is 2.09. The van der Waals surface area contributed by atoms with Crippen LogP contribution in [-0.2, 0) is 0 Å². The Labute approximate surface area is 74.9 Å². The first-order valence-corrected chi connectivity index (χ1v) is 4.99. The zero-order valence-electron chi connectivity index (χ0n) is 7.16. The molecule has 0 bridgehead atoms. The van der Waals surface area contributed by atoms with Crippen molar-refractivity contribution in [1.82, 2.24) is 4.90 Å². The molecule has 1 nitrogen and oxygen atoms in total. The summed E-state index contributed by atoms with van der Waals surface area (Å²) >= 11 is 4.22. The molecule has 0 saturated carbocycles. The highest BCUT2D eigenvalue weighted by molar-refractivity contribution is 7.80. The molecule has 0 aromatic heterocycles. The predicted octanol–water partition coefficient (Wildman–Crippen LogP) is 2.16. The third kappa shape index (κ3) is 3.19. The molecule has 1 heterocycles. The summed E-state index contributed by atoms with van der Waals surface area (Å²) < 4.78 is 0. The number of thiol groups is 1. The fraction of sp³-hybridized carbons (Fsp3) is 0.778. The quantitative estimate of drug-likeness (QED) is 0.637. The van der Waals surface area contributed by atoms with Crippen LogP contribution in [0.4, 0.5) is 0 Å². The van der Waals surface area contributed by atoms with E-state index in [0.29, 0.717) is 5.92 Å². The maximum Gasteiger partial charge on any atom is 0.0173 e. The van der Waals surface area contributed by atoms with E-state index in [2.05, 4.69) is 36.7 Å². The lowest BCUT2D eigenvalue weighted by atomic mass is 10.2. The van der Waals surface area contributed by atoms with E-state index in [0.717, 1.165) is 5.75 Å². The van der Waals surface area contributed by atoms with Gasteiger partial charge in [0.25, 0.3) is 0 Å². The second-order valence-electron chi connectivity index (χ2n) is 3.24. The van der Waals surface area contributed by atoms with E-state index < -0.39 is 0 Å². The minimum absolute atomic E-state index is 0.610. The van der Waals surface area contributed by atoms with Crippen LogP contribution in [-0.4, -0.2) is 23.7 Å².